The summed E-state index contributed by atoms with van der Waals surface area (Å²) >= 11 is 7.62. The molecule has 1 saturated heterocycles. The van der Waals surface area contributed by atoms with Gasteiger partial charge in [0.05, 0.1) is 12.2 Å². The van der Waals surface area contributed by atoms with Gasteiger partial charge in [-0.15, -0.1) is 5.10 Å². The van der Waals surface area contributed by atoms with Crippen LogP contribution in [0.15, 0.2) is 41.7 Å². The molecule has 3 aromatic rings. The first-order valence-electron chi connectivity index (χ1n) is 16.6. The molecule has 4 heterocycles. The van der Waals surface area contributed by atoms with Gasteiger partial charge in [0.25, 0.3) is 5.91 Å². The Morgan fingerprint density at radius 2 is 1.87 bits per heavy atom. The third-order valence-electron chi connectivity index (χ3n) is 9.67. The Morgan fingerprint density at radius 3 is 2.53 bits per heavy atom. The summed E-state index contributed by atoms with van der Waals surface area (Å²) < 4.78 is 12.4. The van der Waals surface area contributed by atoms with Crippen molar-refractivity contribution in [3.63, 3.8) is 0 Å². The topological polar surface area (TPSA) is 90.1 Å². The van der Waals surface area contributed by atoms with E-state index in [-0.39, 0.29) is 22.1 Å². The molecule has 1 unspecified atom stereocenters. The number of carbonyl (C=O) groups is 1. The molecular weight excluding hydrogens is 606 g/mol. The largest absolute Gasteiger partial charge is 0.477 e. The van der Waals surface area contributed by atoms with Gasteiger partial charge in [0.15, 0.2) is 5.82 Å². The second-order valence-corrected chi connectivity index (χ2v) is 16.0. The minimum atomic E-state index is -0.323. The summed E-state index contributed by atoms with van der Waals surface area (Å²) in [6, 6.07) is 7.16. The monoisotopic (exact) mass is 653 g/mol. The number of amides is 1. The Kier molecular flexibility index (Phi) is 9.56. The van der Waals surface area contributed by atoms with Gasteiger partial charge < -0.3 is 4.74 Å². The zero-order valence-corrected chi connectivity index (χ0v) is 28.9. The lowest BCUT2D eigenvalue weighted by molar-refractivity contribution is 0.0669. The van der Waals surface area contributed by atoms with Crippen molar-refractivity contribution >= 4 is 29.5 Å². The summed E-state index contributed by atoms with van der Waals surface area (Å²) in [4.78, 5) is 20.0. The lowest BCUT2D eigenvalue weighted by Crippen LogP contribution is -2.50. The molecule has 0 bridgehead atoms. The fraction of sp³-hybridized carbons (Fsp3) is 0.647. The van der Waals surface area contributed by atoms with Crippen molar-refractivity contribution in [3.05, 3.63) is 47.4 Å². The van der Waals surface area contributed by atoms with E-state index in [0.717, 1.165) is 48.7 Å². The smallest absolute Gasteiger partial charge is 0.264 e. The molecule has 3 aliphatic rings. The molecule has 1 aliphatic heterocycles. The predicted octanol–water partition coefficient (Wildman–Crippen LogP) is 7.44. The molecule has 1 amide bonds. The molecule has 1 N–H and O–H groups in total. The van der Waals surface area contributed by atoms with Crippen molar-refractivity contribution in [2.75, 3.05) is 13.2 Å². The van der Waals surface area contributed by atoms with Crippen molar-refractivity contribution in [1.82, 2.24) is 34.2 Å². The fourth-order valence-corrected chi connectivity index (χ4v) is 8.23. The zero-order chi connectivity index (χ0) is 31.8. The van der Waals surface area contributed by atoms with Crippen LogP contribution < -0.4 is 9.46 Å². The van der Waals surface area contributed by atoms with Crippen LogP contribution in [0.2, 0.25) is 5.15 Å². The highest BCUT2D eigenvalue weighted by atomic mass is 35.5. The maximum Gasteiger partial charge on any atom is 0.264 e. The Morgan fingerprint density at radius 1 is 1.11 bits per heavy atom. The standard InChI is InChI=1S/C34H48ClN7O2S/c1-33(2,3)42-22-23(21-34(42,4)5)7-6-17-40-18-15-30(38-40)45-39-32(43)27-12-13-28(36-31(27)35)41-19-14-29(37-41)44-20-16-26(24-8-9-24)25-10-11-25/h12-15,18-19,23-26H,6-11,16-17,20-22H2,1-5H3,(H,39,43). The number of pyridine rings is 1. The quantitative estimate of drug-likeness (QED) is 0.143. The Labute approximate surface area is 277 Å². The Balaban J connectivity index is 0.940. The van der Waals surface area contributed by atoms with Gasteiger partial charge in [-0.1, -0.05) is 11.6 Å². The van der Waals surface area contributed by atoms with Gasteiger partial charge in [0.2, 0.25) is 5.88 Å². The number of halogens is 1. The molecule has 1 atom stereocenters. The zero-order valence-electron chi connectivity index (χ0n) is 27.3. The molecule has 244 valence electrons. The van der Waals surface area contributed by atoms with Crippen molar-refractivity contribution in [2.24, 2.45) is 23.7 Å². The van der Waals surface area contributed by atoms with E-state index in [4.69, 9.17) is 16.3 Å². The second kappa shape index (κ2) is 13.3. The molecule has 45 heavy (non-hydrogen) atoms. The molecule has 9 nitrogen and oxygen atoms in total. The lowest BCUT2D eigenvalue weighted by Gasteiger charge is -2.42. The van der Waals surface area contributed by atoms with Gasteiger partial charge >= 0.3 is 0 Å². The van der Waals surface area contributed by atoms with E-state index < -0.39 is 0 Å². The maximum absolute atomic E-state index is 12.9. The number of rotatable bonds is 14. The molecule has 0 aromatic carbocycles. The third-order valence-corrected chi connectivity index (χ3v) is 10.7. The molecule has 2 aliphatic carbocycles. The highest BCUT2D eigenvalue weighted by Crippen LogP contribution is 2.50. The average molecular weight is 654 g/mol. The molecule has 0 spiro atoms. The van der Waals surface area contributed by atoms with Crippen molar-refractivity contribution in [3.8, 4) is 11.7 Å². The van der Waals surface area contributed by atoms with Crippen LogP contribution >= 0.6 is 23.5 Å². The first kappa shape index (κ1) is 32.4. The van der Waals surface area contributed by atoms with Crippen LogP contribution in [-0.2, 0) is 6.54 Å². The minimum absolute atomic E-state index is 0.117. The first-order chi connectivity index (χ1) is 21.5. The summed E-state index contributed by atoms with van der Waals surface area (Å²) in [5.74, 6) is 4.14. The molecule has 11 heteroatoms. The van der Waals surface area contributed by atoms with Crippen molar-refractivity contribution < 1.29 is 9.53 Å². The molecule has 0 radical (unpaired) electrons. The maximum atomic E-state index is 12.9. The number of nitrogens with one attached hydrogen (secondary N) is 1. The van der Waals surface area contributed by atoms with Gasteiger partial charge in [0, 0.05) is 54.6 Å². The van der Waals surface area contributed by atoms with Gasteiger partial charge in [0.1, 0.15) is 10.2 Å². The van der Waals surface area contributed by atoms with Gasteiger partial charge in [-0.3, -0.25) is 19.1 Å². The molecular formula is C34H48ClN7O2S. The van der Waals surface area contributed by atoms with E-state index in [9.17, 15) is 4.79 Å². The van der Waals surface area contributed by atoms with Gasteiger partial charge in [-0.25, -0.2) is 9.67 Å². The molecule has 3 fully saturated rings. The Bertz CT molecular complexity index is 1460. The minimum Gasteiger partial charge on any atom is -0.477 e. The van der Waals surface area contributed by atoms with Crippen LogP contribution in [0.25, 0.3) is 5.82 Å². The predicted molar refractivity (Wildman–Crippen MR) is 179 cm³/mol. The van der Waals surface area contributed by atoms with Gasteiger partial charge in [-0.05, 0) is 128 Å². The van der Waals surface area contributed by atoms with Crippen LogP contribution in [0.4, 0.5) is 0 Å². The molecule has 6 rings (SSSR count). The SMILES string of the molecule is CC(C)(C)N1CC(CCCn2ccc(SNC(=O)c3ccc(-n4ccc(OCCC(C5CC5)C5CC5)n4)nc3Cl)n2)CC1(C)C. The van der Waals surface area contributed by atoms with Crippen molar-refractivity contribution in [2.45, 2.75) is 109 Å². The van der Waals surface area contributed by atoms with E-state index in [1.165, 1.54) is 50.5 Å². The summed E-state index contributed by atoms with van der Waals surface area (Å²) in [5, 5.41) is 10.00. The second-order valence-electron chi connectivity index (χ2n) is 14.8. The van der Waals surface area contributed by atoms with Crippen molar-refractivity contribution in [1.29, 1.82) is 0 Å². The number of nitrogens with zero attached hydrogens (tertiary/aromatic N) is 6. The van der Waals surface area contributed by atoms with E-state index in [2.05, 4.69) is 59.4 Å². The normalized spacial score (nSPS) is 20.2. The number of aryl methyl sites for hydroxylation is 1. The lowest BCUT2D eigenvalue weighted by atomic mass is 9.92. The summed E-state index contributed by atoms with van der Waals surface area (Å²) in [6.07, 6.45) is 13.9. The van der Waals surface area contributed by atoms with E-state index in [1.807, 2.05) is 23.0 Å². The number of hydrogen-bond acceptors (Lipinski definition) is 7. The highest BCUT2D eigenvalue weighted by Gasteiger charge is 2.43. The number of ether oxygens (including phenoxy) is 1. The first-order valence-corrected chi connectivity index (χ1v) is 17.8. The number of aromatic nitrogens is 5. The molecule has 3 aromatic heterocycles. The van der Waals surface area contributed by atoms with Crippen LogP contribution in [0.5, 0.6) is 5.88 Å². The number of carbonyl (C=O) groups excluding carboxylic acids is 1. The fourth-order valence-electron chi connectivity index (χ4n) is 7.42. The molecule has 2 saturated carbocycles. The van der Waals surface area contributed by atoms with Crippen LogP contribution in [0, 0.1) is 23.7 Å². The van der Waals surface area contributed by atoms with E-state index >= 15 is 0 Å². The number of hydrogen-bond donors (Lipinski definition) is 1. The Hall–Kier alpha value is -2.56. The third kappa shape index (κ3) is 8.24. The average Bonchev–Trinajstić information content (AvgIpc) is 3.88. The summed E-state index contributed by atoms with van der Waals surface area (Å²) in [5.41, 5.74) is 0.720. The highest BCUT2D eigenvalue weighted by molar-refractivity contribution is 7.97. The number of likely N-dealkylation sites (tertiary alicyclic amines) is 1. The van der Waals surface area contributed by atoms with Gasteiger partial charge in [-0.2, -0.15) is 5.10 Å². The van der Waals surface area contributed by atoms with Crippen LogP contribution in [-0.4, -0.2) is 59.6 Å². The van der Waals surface area contributed by atoms with E-state index in [1.54, 1.807) is 23.0 Å². The van der Waals surface area contributed by atoms with E-state index in [0.29, 0.717) is 29.8 Å². The summed E-state index contributed by atoms with van der Waals surface area (Å²) in [7, 11) is 0. The van der Waals surface area contributed by atoms with Crippen LogP contribution in [0.3, 0.4) is 0 Å². The van der Waals surface area contributed by atoms with Crippen LogP contribution in [0.1, 0.15) is 96.3 Å². The summed E-state index contributed by atoms with van der Waals surface area (Å²) in [6.45, 7) is 14.4.